The summed E-state index contributed by atoms with van der Waals surface area (Å²) in [5, 5.41) is 20.7. The van der Waals surface area contributed by atoms with Crippen LogP contribution in [0.15, 0.2) is 158 Å². The molecule has 636 valence electrons. The lowest BCUT2D eigenvalue weighted by Gasteiger charge is -2.21. The minimum Gasteiger partial charge on any atom is -0.463 e. The number of aliphatic hydroxyl groups excluding tert-OH is 2. The lowest BCUT2D eigenvalue weighted by atomic mass is 10.0. The second-order valence-corrected chi connectivity index (χ2v) is 31.9. The molecule has 111 heavy (non-hydrogen) atoms. The van der Waals surface area contributed by atoms with E-state index in [0.29, 0.717) is 25.7 Å². The minimum absolute atomic E-state index is 0.0217. The van der Waals surface area contributed by atoms with E-state index in [2.05, 4.69) is 167 Å². The van der Waals surface area contributed by atoms with E-state index in [1.165, 1.54) is 167 Å². The monoisotopic (exact) mass is 1590 g/mol. The second kappa shape index (κ2) is 84.6. The van der Waals surface area contributed by atoms with E-state index in [0.717, 1.165) is 122 Å². The van der Waals surface area contributed by atoms with Crippen molar-refractivity contribution in [3.8, 4) is 0 Å². The van der Waals surface area contributed by atoms with Crippen molar-refractivity contribution in [3.05, 3.63) is 158 Å². The third-order valence-electron chi connectivity index (χ3n) is 18.2. The van der Waals surface area contributed by atoms with Crippen molar-refractivity contribution in [3.63, 3.8) is 0 Å². The number of aliphatic hydroxyl groups is 2. The number of carbonyl (C=O) groups is 3. The van der Waals surface area contributed by atoms with Crippen LogP contribution in [0, 0.1) is 0 Å². The first-order valence-electron chi connectivity index (χ1n) is 43.8. The Balaban J connectivity index is 4.56. The van der Waals surface area contributed by atoms with Gasteiger partial charge in [0.15, 0.2) is 6.10 Å². The average Bonchev–Trinajstić information content (AvgIpc) is 0.891. The fraction of sp³-hybridized carbons (Fsp3) is 0.688. The van der Waals surface area contributed by atoms with Gasteiger partial charge in [0.2, 0.25) is 0 Å². The maximum Gasteiger partial charge on any atom is 0.472 e. The number of allylic oxidation sites excluding steroid dienone is 26. The van der Waals surface area contributed by atoms with Gasteiger partial charge in [-0.25, -0.2) is 9.13 Å². The van der Waals surface area contributed by atoms with Gasteiger partial charge >= 0.3 is 33.6 Å². The van der Waals surface area contributed by atoms with Crippen molar-refractivity contribution < 1.29 is 75.8 Å². The van der Waals surface area contributed by atoms with E-state index in [9.17, 15) is 43.5 Å². The molecule has 0 saturated heterocycles. The zero-order chi connectivity index (χ0) is 80.8. The molecule has 0 aliphatic heterocycles. The van der Waals surface area contributed by atoms with Crippen LogP contribution >= 0.6 is 15.6 Å². The highest BCUT2D eigenvalue weighted by atomic mass is 31.2. The molecule has 0 aliphatic rings. The molecule has 0 aromatic heterocycles. The maximum atomic E-state index is 13.0. The molecule has 0 fully saturated rings. The third kappa shape index (κ3) is 85.9. The van der Waals surface area contributed by atoms with Crippen LogP contribution in [0.5, 0.6) is 0 Å². The molecule has 0 aromatic carbocycles. The maximum absolute atomic E-state index is 13.0. The van der Waals surface area contributed by atoms with E-state index in [1.807, 2.05) is 12.2 Å². The van der Waals surface area contributed by atoms with Crippen molar-refractivity contribution in [1.29, 1.82) is 0 Å². The summed E-state index contributed by atoms with van der Waals surface area (Å²) in [5.74, 6) is -1.65. The number of unbranched alkanes of at least 4 members (excludes halogenated alkanes) is 33. The SMILES string of the molecule is CC/C=C\C/C=C\C/C=C\C/C=C\C/C=C\CCCC(=O)OC(COC(=O)CCCCCCCCCCCCC/C=C\C/C=C\C/C=C\C/C=C\CCCCC)COP(=O)(O)OCC(O)COP(=O)(O)OCC(O)COC(=O)CCCCCCCCCCCCCCCCC/C=C\C/C=C\C/C=C\C/C=C\CCCCC. The lowest BCUT2D eigenvalue weighted by molar-refractivity contribution is -0.161. The molecule has 0 bridgehead atoms. The number of carbonyl (C=O) groups excluding carboxylic acids is 3. The zero-order valence-electron chi connectivity index (χ0n) is 69.8. The molecule has 0 amide bonds. The van der Waals surface area contributed by atoms with Crippen molar-refractivity contribution in [1.82, 2.24) is 0 Å². The fourth-order valence-corrected chi connectivity index (χ4v) is 13.2. The van der Waals surface area contributed by atoms with Gasteiger partial charge < -0.3 is 34.2 Å². The van der Waals surface area contributed by atoms with Crippen molar-refractivity contribution in [2.45, 2.75) is 373 Å². The zero-order valence-corrected chi connectivity index (χ0v) is 71.6. The molecule has 0 aliphatic carbocycles. The summed E-state index contributed by atoms with van der Waals surface area (Å²) < 4.78 is 61.3. The van der Waals surface area contributed by atoms with Crippen LogP contribution < -0.4 is 0 Å². The Bertz CT molecular complexity index is 2650. The van der Waals surface area contributed by atoms with Gasteiger partial charge in [0.05, 0.1) is 26.4 Å². The minimum atomic E-state index is -4.96. The normalized spacial score (nSPS) is 14.6. The standard InChI is InChI=1S/C93H158O16P2/c1-4-7-10-13-16-19-22-25-28-31-33-35-37-39-41-42-43-44-46-48-49-51-53-56-58-61-64-67-70-73-76-79-91(96)103-82-88(94)83-105-110(99,100)106-84-89(95)85-107-111(101,102)108-87-90(109-93(98)81-78-75-72-69-66-63-60-55-30-27-24-21-18-15-12-9-6-3)86-104-92(97)80-77-74-71-68-65-62-59-57-54-52-50-47-45-40-38-36-34-32-29-26-23-20-17-14-11-8-5-2/h9,12,16-21,25-30,33-36,39-41,45,60,63,69,72,88-90,94-95H,4-8,10-11,13-15,22-24,31-32,37-38,42-44,46-59,61-62,64-68,70-71,73-87H2,1-3H3,(H,99,100)(H,101,102)/b12-9-,19-16-,20-17-,21-18-,28-25-,29-26-,30-27-,35-33-,36-34-,41-39-,45-40-,63-60-,72-69-. The number of esters is 3. The second-order valence-electron chi connectivity index (χ2n) is 29.0. The van der Waals surface area contributed by atoms with Gasteiger partial charge in [-0.3, -0.25) is 32.5 Å². The molecule has 0 rings (SSSR count). The highest BCUT2D eigenvalue weighted by Gasteiger charge is 2.29. The van der Waals surface area contributed by atoms with Crippen LogP contribution in [0.3, 0.4) is 0 Å². The molecule has 0 aromatic rings. The Hall–Kier alpha value is -4.83. The third-order valence-corrected chi connectivity index (χ3v) is 20.1. The summed E-state index contributed by atoms with van der Waals surface area (Å²) in [6, 6.07) is 0. The number of phosphoric acid groups is 2. The first kappa shape index (κ1) is 106. The van der Waals surface area contributed by atoms with Crippen LogP contribution in [-0.2, 0) is 55.8 Å². The van der Waals surface area contributed by atoms with E-state index >= 15 is 0 Å². The number of phosphoric ester groups is 2. The first-order chi connectivity index (χ1) is 54.2. The number of rotatable bonds is 82. The van der Waals surface area contributed by atoms with Crippen LogP contribution in [0.2, 0.25) is 0 Å². The highest BCUT2D eigenvalue weighted by molar-refractivity contribution is 7.47. The summed E-state index contributed by atoms with van der Waals surface area (Å²) in [5.41, 5.74) is 0. The molecule has 0 radical (unpaired) electrons. The van der Waals surface area contributed by atoms with E-state index in [1.54, 1.807) is 0 Å². The molecule has 5 unspecified atom stereocenters. The Morgan fingerprint density at radius 2 is 0.486 bits per heavy atom. The number of hydrogen-bond donors (Lipinski definition) is 4. The highest BCUT2D eigenvalue weighted by Crippen LogP contribution is 2.45. The predicted octanol–water partition coefficient (Wildman–Crippen LogP) is 26.5. The molecule has 5 atom stereocenters. The Morgan fingerprint density at radius 3 is 0.784 bits per heavy atom. The first-order valence-corrected chi connectivity index (χ1v) is 46.8. The lowest BCUT2D eigenvalue weighted by Crippen LogP contribution is -2.30. The molecule has 0 spiro atoms. The van der Waals surface area contributed by atoms with Crippen LogP contribution in [0.25, 0.3) is 0 Å². The smallest absolute Gasteiger partial charge is 0.463 e. The predicted molar refractivity (Wildman–Crippen MR) is 463 cm³/mol. The van der Waals surface area contributed by atoms with Crippen molar-refractivity contribution in [2.24, 2.45) is 0 Å². The molecular formula is C93H158O16P2. The van der Waals surface area contributed by atoms with Crippen molar-refractivity contribution in [2.75, 3.05) is 39.6 Å². The molecule has 18 heteroatoms. The van der Waals surface area contributed by atoms with Gasteiger partial charge in [-0.1, -0.05) is 346 Å². The number of ether oxygens (including phenoxy) is 3. The van der Waals surface area contributed by atoms with Gasteiger partial charge in [-0.15, -0.1) is 0 Å². The molecule has 0 heterocycles. The van der Waals surface area contributed by atoms with E-state index < -0.39 is 91.5 Å². The van der Waals surface area contributed by atoms with Crippen LogP contribution in [-0.4, -0.2) is 95.9 Å². The van der Waals surface area contributed by atoms with Gasteiger partial charge in [0.1, 0.15) is 25.4 Å². The molecule has 16 nitrogen and oxygen atoms in total. The van der Waals surface area contributed by atoms with Gasteiger partial charge in [0, 0.05) is 19.3 Å². The van der Waals surface area contributed by atoms with Gasteiger partial charge in [-0.05, 0) is 148 Å². The summed E-state index contributed by atoms with van der Waals surface area (Å²) in [4.78, 5) is 58.8. The molecule has 4 N–H and O–H groups in total. The van der Waals surface area contributed by atoms with E-state index in [-0.39, 0.29) is 19.3 Å². The Kier molecular flexibility index (Phi) is 80.9. The quantitative estimate of drug-likeness (QED) is 0.0146. The fourth-order valence-electron chi connectivity index (χ4n) is 11.6. The van der Waals surface area contributed by atoms with Crippen LogP contribution in [0.1, 0.15) is 355 Å². The van der Waals surface area contributed by atoms with Crippen LogP contribution in [0.4, 0.5) is 0 Å². The van der Waals surface area contributed by atoms with E-state index in [4.69, 9.17) is 32.3 Å². The van der Waals surface area contributed by atoms with Gasteiger partial charge in [0.25, 0.3) is 0 Å². The molecular weight excluding hydrogens is 1430 g/mol. The largest absolute Gasteiger partial charge is 0.472 e. The Morgan fingerprint density at radius 1 is 0.261 bits per heavy atom. The van der Waals surface area contributed by atoms with Gasteiger partial charge in [-0.2, -0.15) is 0 Å². The summed E-state index contributed by atoms with van der Waals surface area (Å²) in [7, 11) is -9.82. The summed E-state index contributed by atoms with van der Waals surface area (Å²) >= 11 is 0. The number of hydrogen-bond acceptors (Lipinski definition) is 14. The average molecular weight is 1590 g/mol. The Labute approximate surface area is 676 Å². The summed E-state index contributed by atoms with van der Waals surface area (Å²) in [6.07, 6.45) is 107. The molecule has 0 saturated carbocycles. The topological polar surface area (TPSA) is 231 Å². The summed E-state index contributed by atoms with van der Waals surface area (Å²) in [6.45, 7) is 2.46. The van der Waals surface area contributed by atoms with Crippen molar-refractivity contribution >= 4 is 33.6 Å².